The number of nitrogens with zero attached hydrogens (tertiary/aromatic N) is 2. The lowest BCUT2D eigenvalue weighted by atomic mass is 9.95. The third-order valence-electron chi connectivity index (χ3n) is 5.70. The van der Waals surface area contributed by atoms with Gasteiger partial charge in [-0.15, -0.1) is 11.3 Å². The number of carbonyl (C=O) groups excluding carboxylic acids is 1. The van der Waals surface area contributed by atoms with Crippen molar-refractivity contribution in [1.82, 2.24) is 10.3 Å². The second kappa shape index (κ2) is 7.92. The second-order valence-corrected chi connectivity index (χ2v) is 8.79. The monoisotopic (exact) mass is 393 g/mol. The van der Waals surface area contributed by atoms with Gasteiger partial charge in [-0.3, -0.25) is 4.79 Å². The summed E-state index contributed by atoms with van der Waals surface area (Å²) in [6, 6.07) is 10.6. The maximum Gasteiger partial charge on any atom is 0.225 e. The van der Waals surface area contributed by atoms with E-state index in [9.17, 15) is 4.79 Å². The molecule has 146 valence electrons. The normalized spacial score (nSPS) is 18.2. The first-order chi connectivity index (χ1) is 13.5. The highest BCUT2D eigenvalue weighted by atomic mass is 32.1. The Morgan fingerprint density at radius 3 is 2.96 bits per heavy atom. The van der Waals surface area contributed by atoms with Crippen LogP contribution in [0, 0.1) is 19.8 Å². The van der Waals surface area contributed by atoms with Crippen LogP contribution in [0.2, 0.25) is 0 Å². The van der Waals surface area contributed by atoms with Crippen molar-refractivity contribution in [3.63, 3.8) is 0 Å². The van der Waals surface area contributed by atoms with Crippen molar-refractivity contribution < 1.29 is 4.79 Å². The number of aryl methyl sites for hydroxylation is 2. The molecule has 1 aromatic carbocycles. The molecule has 2 aromatic heterocycles. The van der Waals surface area contributed by atoms with E-state index in [2.05, 4.69) is 71.7 Å². The Morgan fingerprint density at radius 2 is 2.14 bits per heavy atom. The predicted octanol–water partition coefficient (Wildman–Crippen LogP) is 5.01. The number of amides is 1. The lowest BCUT2D eigenvalue weighted by Crippen LogP contribution is -2.44. The average Bonchev–Trinajstić information content (AvgIpc) is 3.16. The number of carbonyl (C=O) groups is 1. The molecule has 2 atom stereocenters. The summed E-state index contributed by atoms with van der Waals surface area (Å²) in [6.07, 6.45) is 3.82. The van der Waals surface area contributed by atoms with E-state index in [-0.39, 0.29) is 17.9 Å². The molecule has 1 amide bonds. The first kappa shape index (κ1) is 18.9. The van der Waals surface area contributed by atoms with Crippen LogP contribution in [0.4, 0.5) is 5.82 Å². The fraction of sp³-hybridized carbons (Fsp3) is 0.391. The second-order valence-electron chi connectivity index (χ2n) is 7.84. The van der Waals surface area contributed by atoms with Gasteiger partial charge in [0.25, 0.3) is 0 Å². The van der Waals surface area contributed by atoms with Crippen molar-refractivity contribution in [1.29, 1.82) is 0 Å². The van der Waals surface area contributed by atoms with Gasteiger partial charge in [-0.25, -0.2) is 4.98 Å². The van der Waals surface area contributed by atoms with Gasteiger partial charge in [-0.1, -0.05) is 23.8 Å². The van der Waals surface area contributed by atoms with Crippen molar-refractivity contribution in [2.24, 2.45) is 5.92 Å². The minimum atomic E-state index is -0.00218. The van der Waals surface area contributed by atoms with Gasteiger partial charge in [0.05, 0.1) is 12.0 Å². The van der Waals surface area contributed by atoms with Gasteiger partial charge in [0.2, 0.25) is 5.91 Å². The van der Waals surface area contributed by atoms with E-state index in [1.165, 1.54) is 26.8 Å². The van der Waals surface area contributed by atoms with E-state index in [1.807, 2.05) is 6.20 Å². The lowest BCUT2D eigenvalue weighted by molar-refractivity contribution is -0.125. The topological polar surface area (TPSA) is 45.2 Å². The van der Waals surface area contributed by atoms with Crippen LogP contribution in [-0.4, -0.2) is 24.0 Å². The molecule has 0 radical (unpaired) electrons. The van der Waals surface area contributed by atoms with E-state index in [4.69, 9.17) is 0 Å². The molecule has 1 aliphatic heterocycles. The highest BCUT2D eigenvalue weighted by Crippen LogP contribution is 2.31. The summed E-state index contributed by atoms with van der Waals surface area (Å²) in [5.41, 5.74) is 3.67. The Morgan fingerprint density at radius 1 is 1.29 bits per heavy atom. The molecule has 1 fully saturated rings. The number of anilines is 1. The van der Waals surface area contributed by atoms with Crippen molar-refractivity contribution in [2.75, 3.05) is 18.0 Å². The molecule has 3 heterocycles. The maximum absolute atomic E-state index is 13.0. The summed E-state index contributed by atoms with van der Waals surface area (Å²) in [4.78, 5) is 19.9. The van der Waals surface area contributed by atoms with Gasteiger partial charge in [-0.2, -0.15) is 0 Å². The molecule has 0 spiro atoms. The number of hydrogen-bond acceptors (Lipinski definition) is 4. The van der Waals surface area contributed by atoms with Crippen LogP contribution in [0.1, 0.15) is 42.5 Å². The number of hydrogen-bond donors (Lipinski definition) is 1. The molecule has 4 nitrogen and oxygen atoms in total. The Hall–Kier alpha value is -2.40. The SMILES string of the molecule is Cc1ccc([C@@H](C)NC(=O)[C@@H]2CCCN(c3nccc4sccc34)C2)c(C)c1. The number of nitrogens with one attached hydrogen (secondary N) is 1. The summed E-state index contributed by atoms with van der Waals surface area (Å²) in [7, 11) is 0. The van der Waals surface area contributed by atoms with Crippen LogP contribution in [0.15, 0.2) is 41.9 Å². The number of pyridine rings is 1. The van der Waals surface area contributed by atoms with Crippen LogP contribution in [0.3, 0.4) is 0 Å². The first-order valence-corrected chi connectivity index (χ1v) is 10.9. The highest BCUT2D eigenvalue weighted by Gasteiger charge is 2.28. The number of rotatable bonds is 4. The Kier molecular flexibility index (Phi) is 5.36. The number of aromatic nitrogens is 1. The summed E-state index contributed by atoms with van der Waals surface area (Å²) in [5, 5.41) is 6.54. The van der Waals surface area contributed by atoms with Gasteiger partial charge in [-0.05, 0) is 62.3 Å². The van der Waals surface area contributed by atoms with Crippen LogP contribution in [0.25, 0.3) is 10.1 Å². The Bertz CT molecular complexity index is 996. The minimum absolute atomic E-state index is 0.00218. The largest absolute Gasteiger partial charge is 0.355 e. The van der Waals surface area contributed by atoms with E-state index in [0.717, 1.165) is 31.7 Å². The summed E-state index contributed by atoms with van der Waals surface area (Å²) >= 11 is 1.73. The van der Waals surface area contributed by atoms with Crippen molar-refractivity contribution in [3.05, 3.63) is 58.6 Å². The molecule has 0 saturated carbocycles. The molecule has 1 N–H and O–H groups in total. The Labute approximate surface area is 170 Å². The number of thiophene rings is 1. The minimum Gasteiger partial charge on any atom is -0.355 e. The van der Waals surface area contributed by atoms with Gasteiger partial charge in [0.15, 0.2) is 0 Å². The van der Waals surface area contributed by atoms with Crippen molar-refractivity contribution >= 4 is 33.1 Å². The van der Waals surface area contributed by atoms with Gasteiger partial charge in [0, 0.05) is 29.4 Å². The van der Waals surface area contributed by atoms with Gasteiger partial charge >= 0.3 is 0 Å². The fourth-order valence-electron chi connectivity index (χ4n) is 4.24. The lowest BCUT2D eigenvalue weighted by Gasteiger charge is -2.34. The molecular formula is C23H27N3OS. The molecular weight excluding hydrogens is 366 g/mol. The summed E-state index contributed by atoms with van der Waals surface area (Å²) in [6.45, 7) is 7.97. The number of piperidine rings is 1. The molecule has 5 heteroatoms. The quantitative estimate of drug-likeness (QED) is 0.678. The molecule has 1 saturated heterocycles. The van der Waals surface area contributed by atoms with Crippen LogP contribution in [0.5, 0.6) is 0 Å². The molecule has 0 aliphatic carbocycles. The third kappa shape index (κ3) is 3.76. The number of fused-ring (bicyclic) bond motifs is 1. The van der Waals surface area contributed by atoms with Crippen LogP contribution >= 0.6 is 11.3 Å². The zero-order valence-electron chi connectivity index (χ0n) is 16.7. The molecule has 0 unspecified atom stereocenters. The standard InChI is InChI=1S/C23H27N3OS/c1-15-6-7-19(16(2)13-15)17(3)25-23(27)18-5-4-11-26(14-18)22-20-9-12-28-21(20)8-10-24-22/h6-10,12-13,17-18H,4-5,11,14H2,1-3H3,(H,25,27)/t17-,18-/m1/s1. The number of benzene rings is 1. The van der Waals surface area contributed by atoms with E-state index >= 15 is 0 Å². The van der Waals surface area contributed by atoms with Gasteiger partial charge in [0.1, 0.15) is 5.82 Å². The fourth-order valence-corrected chi connectivity index (χ4v) is 5.01. The van der Waals surface area contributed by atoms with E-state index in [1.54, 1.807) is 11.3 Å². The molecule has 28 heavy (non-hydrogen) atoms. The first-order valence-electron chi connectivity index (χ1n) is 9.97. The van der Waals surface area contributed by atoms with E-state index in [0.29, 0.717) is 0 Å². The Balaban J connectivity index is 1.47. The molecule has 3 aromatic rings. The van der Waals surface area contributed by atoms with Crippen LogP contribution in [-0.2, 0) is 4.79 Å². The smallest absolute Gasteiger partial charge is 0.225 e. The molecule has 1 aliphatic rings. The summed E-state index contributed by atoms with van der Waals surface area (Å²) in [5.74, 6) is 1.16. The van der Waals surface area contributed by atoms with Crippen LogP contribution < -0.4 is 10.2 Å². The van der Waals surface area contributed by atoms with Gasteiger partial charge < -0.3 is 10.2 Å². The molecule has 0 bridgehead atoms. The van der Waals surface area contributed by atoms with E-state index < -0.39 is 0 Å². The predicted molar refractivity (Wildman–Crippen MR) is 117 cm³/mol. The highest BCUT2D eigenvalue weighted by molar-refractivity contribution is 7.17. The zero-order chi connectivity index (χ0) is 19.7. The average molecular weight is 394 g/mol. The van der Waals surface area contributed by atoms with Crippen molar-refractivity contribution in [3.8, 4) is 0 Å². The van der Waals surface area contributed by atoms with Crippen molar-refractivity contribution in [2.45, 2.75) is 39.7 Å². The summed E-state index contributed by atoms with van der Waals surface area (Å²) < 4.78 is 1.25. The third-order valence-corrected chi connectivity index (χ3v) is 6.58. The zero-order valence-corrected chi connectivity index (χ0v) is 17.6. The maximum atomic E-state index is 13.0. The molecule has 4 rings (SSSR count).